The van der Waals surface area contributed by atoms with Crippen molar-refractivity contribution in [3.63, 3.8) is 0 Å². The zero-order chi connectivity index (χ0) is 15.9. The van der Waals surface area contributed by atoms with Gasteiger partial charge in [0.05, 0.1) is 6.61 Å². The highest BCUT2D eigenvalue weighted by atomic mass is 35.5. The lowest BCUT2D eigenvalue weighted by Crippen LogP contribution is -2.52. The molecule has 22 heavy (non-hydrogen) atoms. The molecule has 1 fully saturated rings. The molecule has 0 spiro atoms. The summed E-state index contributed by atoms with van der Waals surface area (Å²) in [6.07, 6.45) is 5.88. The number of amides is 1. The molecule has 2 heterocycles. The molecule has 1 N–H and O–H groups in total. The molecule has 2 rings (SSSR count). The van der Waals surface area contributed by atoms with Crippen LogP contribution in [0.1, 0.15) is 18.9 Å². The van der Waals surface area contributed by atoms with Crippen molar-refractivity contribution in [1.82, 2.24) is 14.8 Å². The van der Waals surface area contributed by atoms with E-state index in [1.165, 1.54) is 0 Å². The van der Waals surface area contributed by atoms with Gasteiger partial charge >= 0.3 is 0 Å². The van der Waals surface area contributed by atoms with E-state index in [9.17, 15) is 9.90 Å². The summed E-state index contributed by atoms with van der Waals surface area (Å²) in [5, 5.41) is 9.77. The van der Waals surface area contributed by atoms with Crippen molar-refractivity contribution in [2.75, 3.05) is 32.8 Å². The van der Waals surface area contributed by atoms with Gasteiger partial charge in [-0.3, -0.25) is 9.69 Å². The molecule has 0 bridgehead atoms. The van der Waals surface area contributed by atoms with E-state index in [4.69, 9.17) is 11.6 Å². The van der Waals surface area contributed by atoms with E-state index in [-0.39, 0.29) is 18.6 Å². The minimum Gasteiger partial charge on any atom is -0.395 e. The van der Waals surface area contributed by atoms with E-state index in [0.29, 0.717) is 18.2 Å². The molecule has 120 valence electrons. The first-order valence-electron chi connectivity index (χ1n) is 7.57. The fraction of sp³-hybridized carbons (Fsp3) is 0.500. The molecule has 0 radical (unpaired) electrons. The van der Waals surface area contributed by atoms with Crippen LogP contribution in [0.15, 0.2) is 24.4 Å². The zero-order valence-electron chi connectivity index (χ0n) is 12.8. The SMILES string of the molecule is CCC(CO)N1CCN(C(=O)/C=C/c2ccc(Cl)nc2)CC1. The van der Waals surface area contributed by atoms with Gasteiger partial charge < -0.3 is 10.0 Å². The normalized spacial score (nSPS) is 17.9. The Balaban J connectivity index is 1.86. The van der Waals surface area contributed by atoms with Gasteiger partial charge in [-0.1, -0.05) is 24.6 Å². The molecule has 1 aromatic rings. The number of carbonyl (C=O) groups is 1. The van der Waals surface area contributed by atoms with Crippen LogP contribution in [0.4, 0.5) is 0 Å². The largest absolute Gasteiger partial charge is 0.395 e. The zero-order valence-corrected chi connectivity index (χ0v) is 13.5. The van der Waals surface area contributed by atoms with Crippen LogP contribution in [-0.4, -0.2) is 64.6 Å². The van der Waals surface area contributed by atoms with Crippen molar-refractivity contribution in [1.29, 1.82) is 0 Å². The summed E-state index contributed by atoms with van der Waals surface area (Å²) in [5.41, 5.74) is 0.850. The number of aromatic nitrogens is 1. The topological polar surface area (TPSA) is 56.7 Å². The van der Waals surface area contributed by atoms with E-state index in [1.54, 1.807) is 24.4 Å². The van der Waals surface area contributed by atoms with Crippen molar-refractivity contribution in [3.05, 3.63) is 35.1 Å². The smallest absolute Gasteiger partial charge is 0.246 e. The highest BCUT2D eigenvalue weighted by Gasteiger charge is 2.23. The number of aliphatic hydroxyl groups is 1. The van der Waals surface area contributed by atoms with Crippen LogP contribution < -0.4 is 0 Å². The van der Waals surface area contributed by atoms with E-state index < -0.39 is 0 Å². The molecule has 0 saturated carbocycles. The number of pyridine rings is 1. The van der Waals surface area contributed by atoms with Gasteiger partial charge in [-0.15, -0.1) is 0 Å². The van der Waals surface area contributed by atoms with E-state index in [2.05, 4.69) is 16.8 Å². The maximum atomic E-state index is 12.2. The maximum Gasteiger partial charge on any atom is 0.246 e. The number of hydrogen-bond donors (Lipinski definition) is 1. The van der Waals surface area contributed by atoms with E-state index in [0.717, 1.165) is 25.1 Å². The summed E-state index contributed by atoms with van der Waals surface area (Å²) < 4.78 is 0. The third kappa shape index (κ3) is 4.53. The summed E-state index contributed by atoms with van der Waals surface area (Å²) in [7, 11) is 0. The van der Waals surface area contributed by atoms with Crippen LogP contribution in [0.3, 0.4) is 0 Å². The fourth-order valence-corrected chi connectivity index (χ4v) is 2.68. The van der Waals surface area contributed by atoms with E-state index in [1.807, 2.05) is 11.0 Å². The number of piperazine rings is 1. The second kappa shape index (κ2) is 8.27. The molecular weight excluding hydrogens is 302 g/mol. The van der Waals surface area contributed by atoms with Crippen LogP contribution in [0.5, 0.6) is 0 Å². The van der Waals surface area contributed by atoms with Gasteiger partial charge in [0.25, 0.3) is 0 Å². The lowest BCUT2D eigenvalue weighted by molar-refractivity contribution is -0.128. The van der Waals surface area contributed by atoms with Crippen LogP contribution >= 0.6 is 11.6 Å². The standard InChI is InChI=1S/C16H22ClN3O2/c1-2-14(12-21)19-7-9-20(10-8-19)16(22)6-4-13-3-5-15(17)18-11-13/h3-6,11,14,21H,2,7-10,12H2,1H3/b6-4+. The van der Waals surface area contributed by atoms with Crippen molar-refractivity contribution in [2.24, 2.45) is 0 Å². The van der Waals surface area contributed by atoms with Gasteiger partial charge in [-0.05, 0) is 24.1 Å². The average Bonchev–Trinajstić information content (AvgIpc) is 2.56. The Hall–Kier alpha value is -1.43. The molecule has 6 heteroatoms. The second-order valence-corrected chi connectivity index (χ2v) is 5.74. The van der Waals surface area contributed by atoms with Gasteiger partial charge in [0, 0.05) is 44.5 Å². The Bertz CT molecular complexity index is 507. The van der Waals surface area contributed by atoms with Crippen molar-refractivity contribution in [3.8, 4) is 0 Å². The Morgan fingerprint density at radius 3 is 2.68 bits per heavy atom. The van der Waals surface area contributed by atoms with Gasteiger partial charge in [-0.2, -0.15) is 0 Å². The quantitative estimate of drug-likeness (QED) is 0.661. The summed E-state index contributed by atoms with van der Waals surface area (Å²) in [5.74, 6) is 0.00615. The molecule has 1 atom stereocenters. The predicted molar refractivity (Wildman–Crippen MR) is 87.6 cm³/mol. The highest BCUT2D eigenvalue weighted by molar-refractivity contribution is 6.29. The third-order valence-electron chi connectivity index (χ3n) is 3.99. The molecule has 5 nitrogen and oxygen atoms in total. The summed E-state index contributed by atoms with van der Waals surface area (Å²) in [6, 6.07) is 3.72. The molecule has 0 aromatic carbocycles. The number of halogens is 1. The lowest BCUT2D eigenvalue weighted by Gasteiger charge is -2.38. The summed E-state index contributed by atoms with van der Waals surface area (Å²) in [4.78, 5) is 20.2. The fourth-order valence-electron chi connectivity index (χ4n) is 2.57. The number of rotatable bonds is 5. The first-order valence-corrected chi connectivity index (χ1v) is 7.95. The minimum absolute atomic E-state index is 0.00615. The maximum absolute atomic E-state index is 12.2. The highest BCUT2D eigenvalue weighted by Crippen LogP contribution is 2.11. The van der Waals surface area contributed by atoms with Crippen molar-refractivity contribution in [2.45, 2.75) is 19.4 Å². The van der Waals surface area contributed by atoms with Crippen LogP contribution in [-0.2, 0) is 4.79 Å². The first-order chi connectivity index (χ1) is 10.6. The Labute approximate surface area is 136 Å². The molecule has 1 aliphatic heterocycles. The molecule has 1 aliphatic rings. The van der Waals surface area contributed by atoms with Gasteiger partial charge in [0.1, 0.15) is 5.15 Å². The molecule has 1 unspecified atom stereocenters. The Morgan fingerprint density at radius 1 is 1.41 bits per heavy atom. The minimum atomic E-state index is 0.00615. The molecule has 1 saturated heterocycles. The number of hydrogen-bond acceptors (Lipinski definition) is 4. The summed E-state index contributed by atoms with van der Waals surface area (Å²) >= 11 is 5.73. The Morgan fingerprint density at radius 2 is 2.14 bits per heavy atom. The average molecular weight is 324 g/mol. The Kier molecular flexibility index (Phi) is 6.36. The number of aliphatic hydroxyl groups excluding tert-OH is 1. The molecule has 1 aromatic heterocycles. The molecule has 1 amide bonds. The van der Waals surface area contributed by atoms with Crippen LogP contribution in [0.2, 0.25) is 5.15 Å². The van der Waals surface area contributed by atoms with Gasteiger partial charge in [0.2, 0.25) is 5.91 Å². The molecule has 0 aliphatic carbocycles. The summed E-state index contributed by atoms with van der Waals surface area (Å²) in [6.45, 7) is 5.24. The van der Waals surface area contributed by atoms with Gasteiger partial charge in [0.15, 0.2) is 0 Å². The lowest BCUT2D eigenvalue weighted by atomic mass is 10.1. The second-order valence-electron chi connectivity index (χ2n) is 5.35. The third-order valence-corrected chi connectivity index (χ3v) is 4.22. The number of carbonyl (C=O) groups excluding carboxylic acids is 1. The molecular formula is C16H22ClN3O2. The van der Waals surface area contributed by atoms with Crippen molar-refractivity contribution < 1.29 is 9.90 Å². The van der Waals surface area contributed by atoms with Gasteiger partial charge in [-0.25, -0.2) is 4.98 Å². The number of nitrogens with zero attached hydrogens (tertiary/aromatic N) is 3. The van der Waals surface area contributed by atoms with Crippen LogP contribution in [0, 0.1) is 0 Å². The monoisotopic (exact) mass is 323 g/mol. The predicted octanol–water partition coefficient (Wildman–Crippen LogP) is 1.66. The van der Waals surface area contributed by atoms with E-state index >= 15 is 0 Å². The van der Waals surface area contributed by atoms with Crippen molar-refractivity contribution >= 4 is 23.6 Å². The van der Waals surface area contributed by atoms with Crippen LogP contribution in [0.25, 0.3) is 6.08 Å². The first kappa shape index (κ1) is 16.9.